The van der Waals surface area contributed by atoms with Crippen LogP contribution < -0.4 is 4.90 Å². The normalized spacial score (nSPS) is 14.3. The molecule has 0 saturated heterocycles. The van der Waals surface area contributed by atoms with Crippen LogP contribution in [0.25, 0.3) is 5.69 Å². The third-order valence-electron chi connectivity index (χ3n) is 3.54. The fourth-order valence-electron chi connectivity index (χ4n) is 2.59. The molecule has 0 aliphatic carbocycles. The molecule has 0 N–H and O–H groups in total. The Hall–Kier alpha value is -2.10. The molecular weight excluding hydrogens is 238 g/mol. The minimum Gasteiger partial charge on any atom is -0.309 e. The standard InChI is InChI=1S/C15H17N3O/c1-2-15(19)17-10-6-9-13-14(17)11-16-18(13)12-7-4-3-5-8-12/h3-5,7-8,11H,2,6,9-10H2,1H3. The lowest BCUT2D eigenvalue weighted by Crippen LogP contribution is -2.34. The number of carbonyl (C=O) groups excluding carboxylic acids is 1. The summed E-state index contributed by atoms with van der Waals surface area (Å²) in [5.74, 6) is 0.175. The summed E-state index contributed by atoms with van der Waals surface area (Å²) in [6.07, 6.45) is 4.32. The van der Waals surface area contributed by atoms with Gasteiger partial charge in [0.15, 0.2) is 0 Å². The first kappa shape index (κ1) is 12.0. The lowest BCUT2D eigenvalue weighted by molar-refractivity contribution is -0.118. The summed E-state index contributed by atoms with van der Waals surface area (Å²) in [6.45, 7) is 2.71. The van der Waals surface area contributed by atoms with Crippen LogP contribution in [-0.4, -0.2) is 22.2 Å². The van der Waals surface area contributed by atoms with E-state index in [0.717, 1.165) is 36.5 Å². The van der Waals surface area contributed by atoms with Crippen molar-refractivity contribution in [1.29, 1.82) is 0 Å². The molecule has 0 fully saturated rings. The highest BCUT2D eigenvalue weighted by atomic mass is 16.2. The Labute approximate surface area is 112 Å². The van der Waals surface area contributed by atoms with Crippen LogP contribution in [0.4, 0.5) is 5.69 Å². The predicted molar refractivity (Wildman–Crippen MR) is 74.5 cm³/mol. The largest absolute Gasteiger partial charge is 0.309 e. The van der Waals surface area contributed by atoms with Gasteiger partial charge in [-0.05, 0) is 25.0 Å². The number of carbonyl (C=O) groups is 1. The molecule has 0 unspecified atom stereocenters. The predicted octanol–water partition coefficient (Wildman–Crippen LogP) is 2.56. The van der Waals surface area contributed by atoms with Gasteiger partial charge in [0.05, 0.1) is 23.3 Å². The molecule has 4 nitrogen and oxygen atoms in total. The number of rotatable bonds is 2. The highest BCUT2D eigenvalue weighted by molar-refractivity contribution is 5.94. The van der Waals surface area contributed by atoms with Crippen LogP contribution in [0.3, 0.4) is 0 Å². The quantitative estimate of drug-likeness (QED) is 0.827. The van der Waals surface area contributed by atoms with Crippen molar-refractivity contribution in [2.24, 2.45) is 0 Å². The van der Waals surface area contributed by atoms with Crippen LogP contribution in [0.15, 0.2) is 36.5 Å². The van der Waals surface area contributed by atoms with E-state index in [1.165, 1.54) is 0 Å². The van der Waals surface area contributed by atoms with Crippen molar-refractivity contribution in [3.63, 3.8) is 0 Å². The molecule has 3 rings (SSSR count). The van der Waals surface area contributed by atoms with Gasteiger partial charge in [0.2, 0.25) is 5.91 Å². The van der Waals surface area contributed by atoms with Crippen molar-refractivity contribution in [3.8, 4) is 5.69 Å². The molecule has 0 saturated carbocycles. The molecule has 1 aromatic heterocycles. The van der Waals surface area contributed by atoms with Crippen LogP contribution >= 0.6 is 0 Å². The van der Waals surface area contributed by atoms with Crippen LogP contribution in [-0.2, 0) is 11.2 Å². The summed E-state index contributed by atoms with van der Waals surface area (Å²) in [7, 11) is 0. The lowest BCUT2D eigenvalue weighted by atomic mass is 10.1. The Balaban J connectivity index is 2.03. The minimum atomic E-state index is 0.175. The van der Waals surface area contributed by atoms with Crippen molar-refractivity contribution in [1.82, 2.24) is 9.78 Å². The van der Waals surface area contributed by atoms with Crippen LogP contribution in [0.1, 0.15) is 25.5 Å². The van der Waals surface area contributed by atoms with Gasteiger partial charge in [0, 0.05) is 13.0 Å². The van der Waals surface area contributed by atoms with E-state index in [0.29, 0.717) is 6.42 Å². The molecule has 98 valence electrons. The van der Waals surface area contributed by atoms with E-state index in [-0.39, 0.29) is 5.91 Å². The second-order valence-electron chi connectivity index (χ2n) is 4.73. The fourth-order valence-corrected chi connectivity index (χ4v) is 2.59. The maximum Gasteiger partial charge on any atom is 0.226 e. The van der Waals surface area contributed by atoms with Crippen LogP contribution in [0, 0.1) is 0 Å². The molecule has 2 heterocycles. The average Bonchev–Trinajstić information content (AvgIpc) is 2.91. The number of aromatic nitrogens is 2. The molecule has 0 bridgehead atoms. The number of benzene rings is 1. The van der Waals surface area contributed by atoms with Gasteiger partial charge in [-0.1, -0.05) is 25.1 Å². The second kappa shape index (κ2) is 4.88. The molecule has 19 heavy (non-hydrogen) atoms. The van der Waals surface area contributed by atoms with Gasteiger partial charge in [-0.2, -0.15) is 5.10 Å². The van der Waals surface area contributed by atoms with E-state index in [9.17, 15) is 4.79 Å². The summed E-state index contributed by atoms with van der Waals surface area (Å²) in [5, 5.41) is 4.46. The molecule has 0 atom stereocenters. The monoisotopic (exact) mass is 255 g/mol. The smallest absolute Gasteiger partial charge is 0.226 e. The van der Waals surface area contributed by atoms with E-state index in [4.69, 9.17) is 0 Å². The van der Waals surface area contributed by atoms with E-state index in [1.807, 2.05) is 53.0 Å². The van der Waals surface area contributed by atoms with Crippen molar-refractivity contribution >= 4 is 11.6 Å². The number of hydrogen-bond acceptors (Lipinski definition) is 2. The first-order valence-corrected chi connectivity index (χ1v) is 6.74. The summed E-state index contributed by atoms with van der Waals surface area (Å²) in [5.41, 5.74) is 3.16. The summed E-state index contributed by atoms with van der Waals surface area (Å²) < 4.78 is 1.95. The Morgan fingerprint density at radius 3 is 2.84 bits per heavy atom. The van der Waals surface area contributed by atoms with E-state index in [1.54, 1.807) is 0 Å². The molecule has 1 aliphatic heterocycles. The number of amides is 1. The minimum absolute atomic E-state index is 0.175. The topological polar surface area (TPSA) is 38.1 Å². The second-order valence-corrected chi connectivity index (χ2v) is 4.73. The van der Waals surface area contributed by atoms with Crippen molar-refractivity contribution in [3.05, 3.63) is 42.2 Å². The van der Waals surface area contributed by atoms with Gasteiger partial charge in [0.1, 0.15) is 0 Å². The number of fused-ring (bicyclic) bond motifs is 1. The molecule has 0 radical (unpaired) electrons. The molecule has 4 heteroatoms. The SMILES string of the molecule is CCC(=O)N1CCCc2c1cnn2-c1ccccc1. The van der Waals surface area contributed by atoms with E-state index < -0.39 is 0 Å². The molecule has 1 amide bonds. The third-order valence-corrected chi connectivity index (χ3v) is 3.54. The summed E-state index contributed by atoms with van der Waals surface area (Å²) in [6, 6.07) is 10.1. The maximum atomic E-state index is 12.0. The zero-order valence-electron chi connectivity index (χ0n) is 11.0. The highest BCUT2D eigenvalue weighted by Crippen LogP contribution is 2.29. The van der Waals surface area contributed by atoms with Crippen LogP contribution in [0.5, 0.6) is 0 Å². The molecule has 0 spiro atoms. The lowest BCUT2D eigenvalue weighted by Gasteiger charge is -2.26. The highest BCUT2D eigenvalue weighted by Gasteiger charge is 2.25. The molecule has 2 aromatic rings. The van der Waals surface area contributed by atoms with Gasteiger partial charge in [0.25, 0.3) is 0 Å². The van der Waals surface area contributed by atoms with E-state index >= 15 is 0 Å². The Morgan fingerprint density at radius 1 is 1.32 bits per heavy atom. The Bertz CT molecular complexity index is 589. The van der Waals surface area contributed by atoms with Gasteiger partial charge < -0.3 is 4.90 Å². The molecule has 1 aromatic carbocycles. The van der Waals surface area contributed by atoms with Crippen molar-refractivity contribution in [2.45, 2.75) is 26.2 Å². The Kier molecular flexibility index (Phi) is 3.07. The first-order valence-electron chi connectivity index (χ1n) is 6.74. The van der Waals surface area contributed by atoms with Crippen LogP contribution in [0.2, 0.25) is 0 Å². The van der Waals surface area contributed by atoms with E-state index in [2.05, 4.69) is 5.10 Å². The molecule has 1 aliphatic rings. The number of nitrogens with zero attached hydrogens (tertiary/aromatic N) is 3. The summed E-state index contributed by atoms with van der Waals surface area (Å²) in [4.78, 5) is 13.8. The zero-order valence-corrected chi connectivity index (χ0v) is 11.0. The molecular formula is C15H17N3O. The van der Waals surface area contributed by atoms with Gasteiger partial charge in [-0.15, -0.1) is 0 Å². The first-order chi connectivity index (χ1) is 9.31. The maximum absolute atomic E-state index is 12.0. The zero-order chi connectivity index (χ0) is 13.2. The summed E-state index contributed by atoms with van der Waals surface area (Å²) >= 11 is 0. The van der Waals surface area contributed by atoms with Gasteiger partial charge >= 0.3 is 0 Å². The average molecular weight is 255 g/mol. The van der Waals surface area contributed by atoms with Crippen molar-refractivity contribution in [2.75, 3.05) is 11.4 Å². The number of para-hydroxylation sites is 1. The van der Waals surface area contributed by atoms with Gasteiger partial charge in [-0.3, -0.25) is 4.79 Å². The number of hydrogen-bond donors (Lipinski definition) is 0. The Morgan fingerprint density at radius 2 is 2.11 bits per heavy atom. The third kappa shape index (κ3) is 2.03. The van der Waals surface area contributed by atoms with Gasteiger partial charge in [-0.25, -0.2) is 4.68 Å². The fraction of sp³-hybridized carbons (Fsp3) is 0.333. The van der Waals surface area contributed by atoms with Crippen molar-refractivity contribution < 1.29 is 4.79 Å². The number of anilines is 1.